The summed E-state index contributed by atoms with van der Waals surface area (Å²) in [4.78, 5) is 14.6. The maximum atomic E-state index is 10.6. The molecule has 0 aliphatic rings. The highest BCUT2D eigenvalue weighted by Gasteiger charge is 2.08. The first kappa shape index (κ1) is 12.9. The molecule has 18 heavy (non-hydrogen) atoms. The fourth-order valence-corrected chi connectivity index (χ4v) is 2.27. The molecule has 1 heterocycles. The Labute approximate surface area is 113 Å². The van der Waals surface area contributed by atoms with Crippen LogP contribution in [0, 0.1) is 0 Å². The van der Waals surface area contributed by atoms with Crippen molar-refractivity contribution in [3.8, 4) is 5.75 Å². The molecule has 0 radical (unpaired) electrons. The van der Waals surface area contributed by atoms with Crippen molar-refractivity contribution in [2.75, 3.05) is 6.61 Å². The number of hydrogen-bond donors (Lipinski definition) is 1. The number of rotatable bonds is 5. The number of aromatic carboxylic acids is 1. The molecule has 94 valence electrons. The SMILES string of the molecule is O=C(O)c1csc(CCOc2cccc(Cl)c2)n1. The van der Waals surface area contributed by atoms with Crippen LogP contribution in [0.5, 0.6) is 5.75 Å². The van der Waals surface area contributed by atoms with E-state index in [4.69, 9.17) is 21.4 Å². The van der Waals surface area contributed by atoms with Gasteiger partial charge in [0.05, 0.1) is 11.6 Å². The summed E-state index contributed by atoms with van der Waals surface area (Å²) in [5.41, 5.74) is 0.0813. The van der Waals surface area contributed by atoms with Gasteiger partial charge in [0.15, 0.2) is 5.69 Å². The van der Waals surface area contributed by atoms with Crippen LogP contribution in [-0.2, 0) is 6.42 Å². The predicted molar refractivity (Wildman–Crippen MR) is 69.7 cm³/mol. The van der Waals surface area contributed by atoms with Gasteiger partial charge in [-0.3, -0.25) is 0 Å². The second kappa shape index (κ2) is 5.84. The third-order valence-corrected chi connectivity index (χ3v) is 3.30. The molecular weight excluding hydrogens is 274 g/mol. The van der Waals surface area contributed by atoms with Gasteiger partial charge in [-0.1, -0.05) is 17.7 Å². The normalized spacial score (nSPS) is 10.3. The van der Waals surface area contributed by atoms with Gasteiger partial charge in [-0.15, -0.1) is 11.3 Å². The van der Waals surface area contributed by atoms with Gasteiger partial charge >= 0.3 is 5.97 Å². The van der Waals surface area contributed by atoms with Gasteiger partial charge in [-0.05, 0) is 18.2 Å². The van der Waals surface area contributed by atoms with Crippen LogP contribution in [-0.4, -0.2) is 22.7 Å². The van der Waals surface area contributed by atoms with Crippen LogP contribution in [0.3, 0.4) is 0 Å². The number of carboxylic acids is 1. The summed E-state index contributed by atoms with van der Waals surface area (Å²) in [7, 11) is 0. The third-order valence-electron chi connectivity index (χ3n) is 2.15. The van der Waals surface area contributed by atoms with E-state index < -0.39 is 5.97 Å². The maximum Gasteiger partial charge on any atom is 0.355 e. The first-order valence-corrected chi connectivity index (χ1v) is 6.47. The highest BCUT2D eigenvalue weighted by atomic mass is 35.5. The molecule has 1 aromatic heterocycles. The molecule has 0 amide bonds. The molecule has 0 aliphatic heterocycles. The zero-order valence-corrected chi connectivity index (χ0v) is 10.9. The monoisotopic (exact) mass is 283 g/mol. The molecule has 1 N–H and O–H groups in total. The Morgan fingerprint density at radius 3 is 3.00 bits per heavy atom. The summed E-state index contributed by atoms with van der Waals surface area (Å²) in [6, 6.07) is 7.13. The highest BCUT2D eigenvalue weighted by Crippen LogP contribution is 2.17. The fourth-order valence-electron chi connectivity index (χ4n) is 1.34. The zero-order chi connectivity index (χ0) is 13.0. The molecule has 2 rings (SSSR count). The van der Waals surface area contributed by atoms with Gasteiger partial charge in [-0.2, -0.15) is 0 Å². The molecule has 2 aromatic rings. The maximum absolute atomic E-state index is 10.6. The van der Waals surface area contributed by atoms with E-state index in [0.717, 1.165) is 5.01 Å². The number of hydrogen-bond acceptors (Lipinski definition) is 4. The molecule has 0 atom stereocenters. The molecule has 0 saturated heterocycles. The predicted octanol–water partition coefficient (Wildman–Crippen LogP) is 3.12. The molecule has 0 bridgehead atoms. The van der Waals surface area contributed by atoms with Crippen LogP contribution in [0.15, 0.2) is 29.6 Å². The molecule has 1 aromatic carbocycles. The van der Waals surface area contributed by atoms with Crippen molar-refractivity contribution < 1.29 is 14.6 Å². The molecular formula is C12H10ClNO3S. The lowest BCUT2D eigenvalue weighted by Crippen LogP contribution is -2.02. The van der Waals surface area contributed by atoms with Crippen LogP contribution in [0.1, 0.15) is 15.5 Å². The van der Waals surface area contributed by atoms with E-state index in [-0.39, 0.29) is 5.69 Å². The summed E-state index contributed by atoms with van der Waals surface area (Å²) < 4.78 is 5.50. The second-order valence-electron chi connectivity index (χ2n) is 3.49. The Balaban J connectivity index is 1.86. The van der Waals surface area contributed by atoms with Crippen LogP contribution < -0.4 is 4.74 Å². The summed E-state index contributed by atoms with van der Waals surface area (Å²) in [6.45, 7) is 0.437. The van der Waals surface area contributed by atoms with E-state index in [0.29, 0.717) is 23.8 Å². The third kappa shape index (κ3) is 3.45. The van der Waals surface area contributed by atoms with Crippen molar-refractivity contribution in [3.05, 3.63) is 45.4 Å². The molecule has 0 aliphatic carbocycles. The lowest BCUT2D eigenvalue weighted by molar-refractivity contribution is 0.0691. The molecule has 0 saturated carbocycles. The number of thiazole rings is 1. The fraction of sp³-hybridized carbons (Fsp3) is 0.167. The smallest absolute Gasteiger partial charge is 0.355 e. The Hall–Kier alpha value is -1.59. The van der Waals surface area contributed by atoms with Gasteiger partial charge < -0.3 is 9.84 Å². The van der Waals surface area contributed by atoms with Crippen molar-refractivity contribution in [1.29, 1.82) is 0 Å². The minimum Gasteiger partial charge on any atom is -0.493 e. The van der Waals surface area contributed by atoms with Crippen molar-refractivity contribution in [3.63, 3.8) is 0 Å². The number of halogens is 1. The lowest BCUT2D eigenvalue weighted by atomic mass is 10.3. The number of nitrogens with zero attached hydrogens (tertiary/aromatic N) is 1. The molecule has 0 fully saturated rings. The van der Waals surface area contributed by atoms with Crippen LogP contribution in [0.25, 0.3) is 0 Å². The number of carbonyl (C=O) groups is 1. The standard InChI is InChI=1S/C12H10ClNO3S/c13-8-2-1-3-9(6-8)17-5-4-11-14-10(7-18-11)12(15)16/h1-3,6-7H,4-5H2,(H,15,16). The second-order valence-corrected chi connectivity index (χ2v) is 4.87. The first-order valence-electron chi connectivity index (χ1n) is 5.21. The average molecular weight is 284 g/mol. The number of aromatic nitrogens is 1. The van der Waals surface area contributed by atoms with Gasteiger partial charge in [0.1, 0.15) is 5.75 Å². The number of carboxylic acid groups (broad SMARTS) is 1. The minimum absolute atomic E-state index is 0.0813. The van der Waals surface area contributed by atoms with Crippen molar-refractivity contribution >= 4 is 28.9 Å². The summed E-state index contributed by atoms with van der Waals surface area (Å²) in [5, 5.41) is 11.6. The zero-order valence-electron chi connectivity index (χ0n) is 9.30. The number of benzene rings is 1. The van der Waals surface area contributed by atoms with Crippen LogP contribution >= 0.6 is 22.9 Å². The highest BCUT2D eigenvalue weighted by molar-refractivity contribution is 7.09. The average Bonchev–Trinajstić information content (AvgIpc) is 2.78. The van der Waals surface area contributed by atoms with Gasteiger partial charge in [0.2, 0.25) is 0 Å². The Morgan fingerprint density at radius 1 is 1.50 bits per heavy atom. The summed E-state index contributed by atoms with van der Waals surface area (Å²) in [5.74, 6) is -0.314. The van der Waals surface area contributed by atoms with Crippen molar-refractivity contribution in [2.45, 2.75) is 6.42 Å². The van der Waals surface area contributed by atoms with E-state index in [1.807, 2.05) is 12.1 Å². The minimum atomic E-state index is -1.01. The van der Waals surface area contributed by atoms with E-state index in [1.165, 1.54) is 16.7 Å². The summed E-state index contributed by atoms with van der Waals surface area (Å²) >= 11 is 7.14. The summed E-state index contributed by atoms with van der Waals surface area (Å²) in [6.07, 6.45) is 0.574. The van der Waals surface area contributed by atoms with E-state index in [2.05, 4.69) is 4.98 Å². The van der Waals surface area contributed by atoms with E-state index >= 15 is 0 Å². The van der Waals surface area contributed by atoms with E-state index in [1.54, 1.807) is 12.1 Å². The van der Waals surface area contributed by atoms with Crippen LogP contribution in [0.4, 0.5) is 0 Å². The Bertz CT molecular complexity index is 556. The first-order chi connectivity index (χ1) is 8.65. The largest absolute Gasteiger partial charge is 0.493 e. The van der Waals surface area contributed by atoms with Gasteiger partial charge in [0.25, 0.3) is 0 Å². The Kier molecular flexibility index (Phi) is 4.17. The quantitative estimate of drug-likeness (QED) is 0.916. The van der Waals surface area contributed by atoms with Gasteiger partial charge in [-0.25, -0.2) is 9.78 Å². The molecule has 6 heteroatoms. The van der Waals surface area contributed by atoms with Gasteiger partial charge in [0, 0.05) is 16.8 Å². The van der Waals surface area contributed by atoms with Crippen molar-refractivity contribution in [1.82, 2.24) is 4.98 Å². The molecule has 0 spiro atoms. The molecule has 0 unspecified atom stereocenters. The topological polar surface area (TPSA) is 59.4 Å². The lowest BCUT2D eigenvalue weighted by Gasteiger charge is -2.04. The van der Waals surface area contributed by atoms with Crippen LogP contribution in [0.2, 0.25) is 5.02 Å². The number of ether oxygens (including phenoxy) is 1. The molecule has 4 nitrogen and oxygen atoms in total. The Morgan fingerprint density at radius 2 is 2.33 bits per heavy atom. The van der Waals surface area contributed by atoms with E-state index in [9.17, 15) is 4.79 Å². The van der Waals surface area contributed by atoms with Crippen molar-refractivity contribution in [2.24, 2.45) is 0 Å².